The van der Waals surface area contributed by atoms with E-state index in [9.17, 15) is 18.4 Å². The largest absolute Gasteiger partial charge is 0.619 e. The molecule has 0 unspecified atom stereocenters. The molecule has 1 aromatic heterocycles. The van der Waals surface area contributed by atoms with Crippen molar-refractivity contribution >= 4 is 34.3 Å². The van der Waals surface area contributed by atoms with E-state index in [1.54, 1.807) is 48.6 Å². The van der Waals surface area contributed by atoms with Crippen LogP contribution in [-0.4, -0.2) is 21.9 Å². The summed E-state index contributed by atoms with van der Waals surface area (Å²) in [6.07, 6.45) is 6.39. The van der Waals surface area contributed by atoms with E-state index in [-0.39, 0.29) is 17.0 Å². The van der Waals surface area contributed by atoms with Crippen LogP contribution in [0.1, 0.15) is 11.1 Å². The van der Waals surface area contributed by atoms with Crippen LogP contribution in [0.15, 0.2) is 78.0 Å². The number of hydrogen-bond acceptors (Lipinski definition) is 5. The SMILES string of the molecule is COc1ccc(S(=O)(=O)N(C=O)c2ccccc2C=Cc2cc[n+]([O-])cc2)cc1. The summed E-state index contributed by atoms with van der Waals surface area (Å²) in [4.78, 5) is 11.7. The van der Waals surface area contributed by atoms with Crippen LogP contribution in [0, 0.1) is 5.21 Å². The first kappa shape index (κ1) is 20.1. The second kappa shape index (κ2) is 8.57. The molecule has 0 spiro atoms. The molecular formula is C21H18N2O5S. The van der Waals surface area contributed by atoms with Gasteiger partial charge in [0.05, 0.1) is 17.7 Å². The number of anilines is 1. The van der Waals surface area contributed by atoms with Crippen molar-refractivity contribution in [3.8, 4) is 5.75 Å². The van der Waals surface area contributed by atoms with Gasteiger partial charge in [0.25, 0.3) is 10.0 Å². The summed E-state index contributed by atoms with van der Waals surface area (Å²) < 4.78 is 32.5. The molecule has 0 fully saturated rings. The van der Waals surface area contributed by atoms with Crippen molar-refractivity contribution in [2.45, 2.75) is 4.90 Å². The minimum absolute atomic E-state index is 0.0350. The Morgan fingerprint density at radius 2 is 1.62 bits per heavy atom. The predicted molar refractivity (Wildman–Crippen MR) is 109 cm³/mol. The summed E-state index contributed by atoms with van der Waals surface area (Å²) in [5.74, 6) is 0.507. The zero-order valence-corrected chi connectivity index (χ0v) is 16.3. The number of rotatable bonds is 7. The molecule has 0 aliphatic carbocycles. The van der Waals surface area contributed by atoms with E-state index in [4.69, 9.17) is 4.74 Å². The van der Waals surface area contributed by atoms with Gasteiger partial charge in [-0.1, -0.05) is 30.4 Å². The molecule has 0 atom stereocenters. The number of benzene rings is 2. The van der Waals surface area contributed by atoms with Gasteiger partial charge in [0.2, 0.25) is 6.41 Å². The Bertz CT molecular complexity index is 1120. The molecule has 0 saturated carbocycles. The molecule has 1 heterocycles. The van der Waals surface area contributed by atoms with Gasteiger partial charge in [0.15, 0.2) is 12.4 Å². The van der Waals surface area contributed by atoms with Crippen LogP contribution in [0.2, 0.25) is 0 Å². The number of hydrogen-bond donors (Lipinski definition) is 0. The smallest absolute Gasteiger partial charge is 0.270 e. The average Bonchev–Trinajstić information content (AvgIpc) is 2.74. The number of methoxy groups -OCH3 is 1. The van der Waals surface area contributed by atoms with E-state index in [0.717, 1.165) is 5.56 Å². The van der Waals surface area contributed by atoms with Gasteiger partial charge in [-0.2, -0.15) is 4.73 Å². The lowest BCUT2D eigenvalue weighted by molar-refractivity contribution is -0.605. The van der Waals surface area contributed by atoms with E-state index in [0.29, 0.717) is 20.3 Å². The van der Waals surface area contributed by atoms with Gasteiger partial charge in [-0.15, -0.1) is 0 Å². The molecule has 29 heavy (non-hydrogen) atoms. The molecule has 0 aliphatic rings. The van der Waals surface area contributed by atoms with Gasteiger partial charge < -0.3 is 9.94 Å². The number of nitrogens with zero attached hydrogens (tertiary/aromatic N) is 2. The van der Waals surface area contributed by atoms with Crippen LogP contribution >= 0.6 is 0 Å². The number of sulfonamides is 1. The van der Waals surface area contributed by atoms with Gasteiger partial charge in [-0.25, -0.2) is 12.7 Å². The predicted octanol–water partition coefficient (Wildman–Crippen LogP) is 2.85. The standard InChI is InChI=1S/C21H18N2O5S/c1-28-19-8-10-20(11-9-19)29(26,27)23(16-24)21-5-3-2-4-18(21)7-6-17-12-14-22(25)15-13-17/h2-16H,1H3. The van der Waals surface area contributed by atoms with Crippen molar-refractivity contribution in [1.82, 2.24) is 0 Å². The van der Waals surface area contributed by atoms with E-state index < -0.39 is 10.0 Å². The number of carbonyl (C=O) groups is 1. The van der Waals surface area contributed by atoms with Crippen LogP contribution < -0.4 is 13.8 Å². The lowest BCUT2D eigenvalue weighted by Crippen LogP contribution is -2.30. The molecule has 1 amide bonds. The van der Waals surface area contributed by atoms with Crippen LogP contribution in [0.5, 0.6) is 5.75 Å². The first-order valence-electron chi connectivity index (χ1n) is 8.55. The van der Waals surface area contributed by atoms with Gasteiger partial charge in [-0.05, 0) is 41.5 Å². The van der Waals surface area contributed by atoms with E-state index in [1.807, 2.05) is 0 Å². The number of carbonyl (C=O) groups excluding carboxylic acids is 1. The Morgan fingerprint density at radius 3 is 2.24 bits per heavy atom. The third-order valence-electron chi connectivity index (χ3n) is 4.17. The fourth-order valence-electron chi connectivity index (χ4n) is 2.65. The summed E-state index contributed by atoms with van der Waals surface area (Å²) in [6.45, 7) is 0. The summed E-state index contributed by atoms with van der Waals surface area (Å²) in [5, 5.41) is 11.1. The quantitative estimate of drug-likeness (QED) is 0.339. The van der Waals surface area contributed by atoms with Crippen molar-refractivity contribution < 1.29 is 22.7 Å². The topological polar surface area (TPSA) is 90.6 Å². The molecule has 8 heteroatoms. The van der Waals surface area contributed by atoms with E-state index in [1.165, 1.54) is 43.8 Å². The first-order valence-corrected chi connectivity index (χ1v) is 9.99. The second-order valence-corrected chi connectivity index (χ2v) is 7.78. The highest BCUT2D eigenvalue weighted by Gasteiger charge is 2.26. The molecule has 0 saturated heterocycles. The molecule has 0 N–H and O–H groups in total. The summed E-state index contributed by atoms with van der Waals surface area (Å²) in [6, 6.07) is 15.7. The second-order valence-electron chi connectivity index (χ2n) is 5.97. The Kier molecular flexibility index (Phi) is 5.94. The molecule has 7 nitrogen and oxygen atoms in total. The Morgan fingerprint density at radius 1 is 0.966 bits per heavy atom. The molecular weight excluding hydrogens is 392 g/mol. The van der Waals surface area contributed by atoms with Crippen LogP contribution in [0.3, 0.4) is 0 Å². The van der Waals surface area contributed by atoms with Gasteiger partial charge in [0, 0.05) is 12.1 Å². The fraction of sp³-hybridized carbons (Fsp3) is 0.0476. The molecule has 0 aliphatic heterocycles. The van der Waals surface area contributed by atoms with Crippen LogP contribution in [0.4, 0.5) is 5.69 Å². The zero-order valence-electron chi connectivity index (χ0n) is 15.5. The number of aromatic nitrogens is 1. The normalized spacial score (nSPS) is 11.3. The zero-order chi connectivity index (χ0) is 20.9. The van der Waals surface area contributed by atoms with Crippen molar-refractivity contribution in [1.29, 1.82) is 0 Å². The maximum atomic E-state index is 13.0. The van der Waals surface area contributed by atoms with E-state index >= 15 is 0 Å². The van der Waals surface area contributed by atoms with Crippen molar-refractivity contribution in [2.24, 2.45) is 0 Å². The lowest BCUT2D eigenvalue weighted by atomic mass is 10.1. The first-order chi connectivity index (χ1) is 14.0. The minimum atomic E-state index is -4.11. The highest BCUT2D eigenvalue weighted by Crippen LogP contribution is 2.28. The molecule has 3 rings (SSSR count). The molecule has 2 aromatic carbocycles. The number of amides is 1. The Labute approximate surface area is 168 Å². The van der Waals surface area contributed by atoms with Crippen molar-refractivity contribution in [2.75, 3.05) is 11.4 Å². The van der Waals surface area contributed by atoms with E-state index in [2.05, 4.69) is 0 Å². The van der Waals surface area contributed by atoms with Crippen molar-refractivity contribution in [3.05, 3.63) is 89.4 Å². The maximum absolute atomic E-state index is 13.0. The Balaban J connectivity index is 1.99. The minimum Gasteiger partial charge on any atom is -0.619 e. The number of ether oxygens (including phenoxy) is 1. The van der Waals surface area contributed by atoms with Gasteiger partial charge >= 0.3 is 0 Å². The average molecular weight is 410 g/mol. The Hall–Kier alpha value is -3.65. The monoisotopic (exact) mass is 410 g/mol. The number of pyridine rings is 1. The summed E-state index contributed by atoms with van der Waals surface area (Å²) in [5.41, 5.74) is 1.49. The van der Waals surface area contributed by atoms with Crippen LogP contribution in [-0.2, 0) is 14.8 Å². The van der Waals surface area contributed by atoms with Gasteiger partial charge in [-0.3, -0.25) is 4.79 Å². The highest BCUT2D eigenvalue weighted by atomic mass is 32.2. The van der Waals surface area contributed by atoms with Crippen LogP contribution in [0.25, 0.3) is 12.2 Å². The highest BCUT2D eigenvalue weighted by molar-refractivity contribution is 7.93. The summed E-state index contributed by atoms with van der Waals surface area (Å²) in [7, 11) is -2.63. The third-order valence-corrected chi connectivity index (χ3v) is 5.84. The fourth-order valence-corrected chi connectivity index (χ4v) is 3.90. The summed E-state index contributed by atoms with van der Waals surface area (Å²) >= 11 is 0. The number of para-hydroxylation sites is 1. The van der Waals surface area contributed by atoms with Crippen molar-refractivity contribution in [3.63, 3.8) is 0 Å². The molecule has 0 bridgehead atoms. The third kappa shape index (κ3) is 4.44. The molecule has 148 valence electrons. The lowest BCUT2D eigenvalue weighted by Gasteiger charge is -2.20. The molecule has 3 aromatic rings. The van der Waals surface area contributed by atoms with Gasteiger partial charge in [0.1, 0.15) is 5.75 Å². The molecule has 0 radical (unpaired) electrons. The maximum Gasteiger partial charge on any atom is 0.270 e.